The van der Waals surface area contributed by atoms with Crippen molar-refractivity contribution in [1.82, 2.24) is 0 Å². The van der Waals surface area contributed by atoms with E-state index in [1.54, 1.807) is 7.11 Å². The fraction of sp³-hybridized carbons (Fsp3) is 0.440. The zero-order valence-corrected chi connectivity index (χ0v) is 16.3. The second-order valence-corrected chi connectivity index (χ2v) is 7.58. The van der Waals surface area contributed by atoms with E-state index >= 15 is 0 Å². The van der Waals surface area contributed by atoms with Gasteiger partial charge in [0.15, 0.2) is 0 Å². The summed E-state index contributed by atoms with van der Waals surface area (Å²) in [5.74, 6) is 1.65. The van der Waals surface area contributed by atoms with Crippen LogP contribution >= 0.6 is 0 Å². The van der Waals surface area contributed by atoms with Crippen LogP contribution in [0.1, 0.15) is 62.5 Å². The van der Waals surface area contributed by atoms with E-state index in [4.69, 9.17) is 4.74 Å². The molecule has 0 unspecified atom stereocenters. The van der Waals surface area contributed by atoms with Crippen LogP contribution in [0.15, 0.2) is 60.7 Å². The molecule has 1 fully saturated rings. The molecule has 0 bridgehead atoms. The lowest BCUT2D eigenvalue weighted by molar-refractivity contribution is 0.185. The molecule has 0 radical (unpaired) electrons. The Hall–Kier alpha value is -1.86. The van der Waals surface area contributed by atoms with Crippen LogP contribution in [0.4, 0.5) is 0 Å². The van der Waals surface area contributed by atoms with Crippen LogP contribution in [0.2, 0.25) is 0 Å². The Morgan fingerprint density at radius 1 is 0.846 bits per heavy atom. The van der Waals surface area contributed by atoms with E-state index in [0.717, 1.165) is 18.3 Å². The van der Waals surface area contributed by atoms with Gasteiger partial charge in [-0.05, 0) is 72.6 Å². The Morgan fingerprint density at radius 2 is 1.46 bits per heavy atom. The Kier molecular flexibility index (Phi) is 7.08. The van der Waals surface area contributed by atoms with E-state index in [2.05, 4.69) is 67.6 Å². The third-order valence-electron chi connectivity index (χ3n) is 5.70. The number of allylic oxidation sites excluding steroid dienone is 2. The molecule has 0 amide bonds. The standard InChI is InChI=1S/C25H32O/c1-3-4-5-6-20-7-11-22(12-8-20)24-15-17-25(18-16-24)23-13-9-21(10-14-23)19-26-2/h4-5,9-10,13-18,20,22H,3,6-8,11-12,19H2,1-2H3/t20-,22-. The minimum atomic E-state index is 0.677. The molecular formula is C25H32O. The third kappa shape index (κ3) is 5.08. The van der Waals surface area contributed by atoms with E-state index in [-0.39, 0.29) is 0 Å². The molecule has 1 saturated carbocycles. The van der Waals surface area contributed by atoms with E-state index in [1.807, 2.05) is 0 Å². The molecule has 0 spiro atoms. The lowest BCUT2D eigenvalue weighted by Gasteiger charge is -2.28. The summed E-state index contributed by atoms with van der Waals surface area (Å²) in [6, 6.07) is 18.0. The molecule has 2 aromatic rings. The fourth-order valence-corrected chi connectivity index (χ4v) is 4.09. The van der Waals surface area contributed by atoms with Crippen molar-refractivity contribution >= 4 is 0 Å². The molecule has 3 rings (SSSR count). The molecule has 1 nitrogen and oxygen atoms in total. The van der Waals surface area contributed by atoms with Gasteiger partial charge in [-0.15, -0.1) is 0 Å². The lowest BCUT2D eigenvalue weighted by atomic mass is 9.77. The topological polar surface area (TPSA) is 9.23 Å². The first kappa shape index (κ1) is 18.9. The molecule has 0 N–H and O–H groups in total. The highest BCUT2D eigenvalue weighted by molar-refractivity contribution is 5.64. The summed E-state index contributed by atoms with van der Waals surface area (Å²) < 4.78 is 5.19. The summed E-state index contributed by atoms with van der Waals surface area (Å²) >= 11 is 0. The van der Waals surface area contributed by atoms with Gasteiger partial charge in [0, 0.05) is 7.11 Å². The van der Waals surface area contributed by atoms with Crippen molar-refractivity contribution in [2.45, 2.75) is 58.0 Å². The summed E-state index contributed by atoms with van der Waals surface area (Å²) in [5.41, 5.74) is 5.32. The molecule has 0 atom stereocenters. The molecule has 0 saturated heterocycles. The normalized spacial score (nSPS) is 20.5. The first-order chi connectivity index (χ1) is 12.8. The van der Waals surface area contributed by atoms with Crippen LogP contribution in [0.25, 0.3) is 11.1 Å². The van der Waals surface area contributed by atoms with Crippen LogP contribution in [0.5, 0.6) is 0 Å². The average Bonchev–Trinajstić information content (AvgIpc) is 2.70. The number of ether oxygens (including phenoxy) is 1. The second-order valence-electron chi connectivity index (χ2n) is 7.58. The minimum absolute atomic E-state index is 0.677. The van der Waals surface area contributed by atoms with E-state index in [1.165, 1.54) is 54.4 Å². The smallest absolute Gasteiger partial charge is 0.0713 e. The quantitative estimate of drug-likeness (QED) is 0.484. The zero-order chi connectivity index (χ0) is 18.2. The summed E-state index contributed by atoms with van der Waals surface area (Å²) in [5, 5.41) is 0. The number of benzene rings is 2. The largest absolute Gasteiger partial charge is 0.380 e. The van der Waals surface area contributed by atoms with Crippen LogP contribution in [0.3, 0.4) is 0 Å². The Bertz CT molecular complexity index is 673. The number of rotatable bonds is 7. The summed E-state index contributed by atoms with van der Waals surface area (Å²) in [4.78, 5) is 0. The summed E-state index contributed by atoms with van der Waals surface area (Å²) in [6.45, 7) is 2.89. The highest BCUT2D eigenvalue weighted by Crippen LogP contribution is 2.37. The molecule has 1 aliphatic carbocycles. The van der Waals surface area contributed by atoms with Gasteiger partial charge >= 0.3 is 0 Å². The van der Waals surface area contributed by atoms with Gasteiger partial charge in [-0.25, -0.2) is 0 Å². The van der Waals surface area contributed by atoms with Crippen LogP contribution in [-0.4, -0.2) is 7.11 Å². The summed E-state index contributed by atoms with van der Waals surface area (Å²) in [6.07, 6.45) is 12.6. The van der Waals surface area contributed by atoms with Crippen LogP contribution < -0.4 is 0 Å². The van der Waals surface area contributed by atoms with E-state index in [0.29, 0.717) is 6.61 Å². The Balaban J connectivity index is 1.57. The molecule has 26 heavy (non-hydrogen) atoms. The summed E-state index contributed by atoms with van der Waals surface area (Å²) in [7, 11) is 1.74. The zero-order valence-electron chi connectivity index (χ0n) is 16.3. The van der Waals surface area contributed by atoms with Gasteiger partial charge in [-0.3, -0.25) is 0 Å². The number of hydrogen-bond donors (Lipinski definition) is 0. The third-order valence-corrected chi connectivity index (χ3v) is 5.70. The predicted octanol–water partition coefficient (Wildman–Crippen LogP) is 7.13. The molecule has 0 heterocycles. The molecule has 0 aromatic heterocycles. The highest BCUT2D eigenvalue weighted by atomic mass is 16.5. The molecule has 2 aromatic carbocycles. The van der Waals surface area contributed by atoms with Crippen molar-refractivity contribution in [1.29, 1.82) is 0 Å². The van der Waals surface area contributed by atoms with E-state index < -0.39 is 0 Å². The van der Waals surface area contributed by atoms with Gasteiger partial charge in [0.25, 0.3) is 0 Å². The second kappa shape index (κ2) is 9.73. The van der Waals surface area contributed by atoms with Crippen molar-refractivity contribution in [2.24, 2.45) is 5.92 Å². The van der Waals surface area contributed by atoms with Crippen molar-refractivity contribution in [2.75, 3.05) is 7.11 Å². The van der Waals surface area contributed by atoms with Gasteiger partial charge in [0.1, 0.15) is 0 Å². The first-order valence-electron chi connectivity index (χ1n) is 10.1. The molecular weight excluding hydrogens is 316 g/mol. The highest BCUT2D eigenvalue weighted by Gasteiger charge is 2.21. The van der Waals surface area contributed by atoms with Crippen molar-refractivity contribution < 1.29 is 4.74 Å². The van der Waals surface area contributed by atoms with Gasteiger partial charge in [0.05, 0.1) is 6.61 Å². The molecule has 1 aliphatic rings. The van der Waals surface area contributed by atoms with Crippen LogP contribution in [-0.2, 0) is 11.3 Å². The average molecular weight is 349 g/mol. The van der Waals surface area contributed by atoms with Crippen molar-refractivity contribution in [3.63, 3.8) is 0 Å². The molecule has 0 aliphatic heterocycles. The number of hydrogen-bond acceptors (Lipinski definition) is 1. The first-order valence-corrected chi connectivity index (χ1v) is 10.1. The predicted molar refractivity (Wildman–Crippen MR) is 111 cm³/mol. The maximum absolute atomic E-state index is 5.19. The van der Waals surface area contributed by atoms with Gasteiger partial charge in [-0.2, -0.15) is 0 Å². The molecule has 1 heteroatoms. The van der Waals surface area contributed by atoms with Crippen LogP contribution in [0, 0.1) is 5.92 Å². The SMILES string of the molecule is CCC=CC[C@H]1CC[C@H](c2ccc(-c3ccc(COC)cc3)cc2)CC1. The van der Waals surface area contributed by atoms with Gasteiger partial charge < -0.3 is 4.74 Å². The lowest BCUT2D eigenvalue weighted by Crippen LogP contribution is -2.12. The van der Waals surface area contributed by atoms with Gasteiger partial charge in [0.2, 0.25) is 0 Å². The Morgan fingerprint density at radius 3 is 2.04 bits per heavy atom. The monoisotopic (exact) mass is 348 g/mol. The van der Waals surface area contributed by atoms with Crippen molar-refractivity contribution in [3.8, 4) is 11.1 Å². The van der Waals surface area contributed by atoms with E-state index in [9.17, 15) is 0 Å². The number of methoxy groups -OCH3 is 1. The van der Waals surface area contributed by atoms with Gasteiger partial charge in [-0.1, -0.05) is 67.6 Å². The molecule has 138 valence electrons. The fourth-order valence-electron chi connectivity index (χ4n) is 4.09. The Labute approximate surface area is 159 Å². The van der Waals surface area contributed by atoms with Crippen molar-refractivity contribution in [3.05, 3.63) is 71.8 Å². The maximum Gasteiger partial charge on any atom is 0.0713 e. The maximum atomic E-state index is 5.19. The minimum Gasteiger partial charge on any atom is -0.380 e.